The molecule has 1 aliphatic carbocycles. The summed E-state index contributed by atoms with van der Waals surface area (Å²) in [7, 11) is 0. The number of fused-ring (bicyclic) bond motifs is 1. The van der Waals surface area contributed by atoms with E-state index < -0.39 is 0 Å². The highest BCUT2D eigenvalue weighted by molar-refractivity contribution is 9.10. The smallest absolute Gasteiger partial charge is 0.124 e. The minimum absolute atomic E-state index is 0.149. The lowest BCUT2D eigenvalue weighted by Gasteiger charge is -2.26. The molecule has 0 aliphatic heterocycles. The van der Waals surface area contributed by atoms with Crippen LogP contribution in [0.1, 0.15) is 36.3 Å². The Morgan fingerprint density at radius 3 is 3.00 bits per heavy atom. The van der Waals surface area contributed by atoms with E-state index in [2.05, 4.69) is 15.9 Å². The van der Waals surface area contributed by atoms with Gasteiger partial charge in [-0.25, -0.2) is 4.39 Å². The summed E-state index contributed by atoms with van der Waals surface area (Å²) in [5.74, 6) is 0.301. The van der Waals surface area contributed by atoms with Gasteiger partial charge in [-0.15, -0.1) is 0 Å². The van der Waals surface area contributed by atoms with E-state index >= 15 is 0 Å². The van der Waals surface area contributed by atoms with E-state index in [-0.39, 0.29) is 5.82 Å². The van der Waals surface area contributed by atoms with E-state index in [0.29, 0.717) is 12.5 Å². The van der Waals surface area contributed by atoms with Gasteiger partial charge in [-0.1, -0.05) is 15.9 Å². The second-order valence-corrected chi connectivity index (χ2v) is 4.98. The lowest BCUT2D eigenvalue weighted by atomic mass is 9.81. The van der Waals surface area contributed by atoms with Crippen LogP contribution in [0.3, 0.4) is 0 Å². The van der Waals surface area contributed by atoms with Gasteiger partial charge < -0.3 is 5.73 Å². The highest BCUT2D eigenvalue weighted by Gasteiger charge is 2.22. The highest BCUT2D eigenvalue weighted by atomic mass is 79.9. The van der Waals surface area contributed by atoms with Crippen LogP contribution in [0.5, 0.6) is 0 Å². The van der Waals surface area contributed by atoms with Crippen LogP contribution >= 0.6 is 15.9 Å². The molecule has 0 saturated heterocycles. The molecular weight excluding hydrogens is 257 g/mol. The summed E-state index contributed by atoms with van der Waals surface area (Å²) in [6.07, 6.45) is 4.34. The molecule has 2 N–H and O–H groups in total. The third-order valence-corrected chi connectivity index (χ3v) is 3.84. The standard InChI is InChI=1S/C12H15BrFN/c13-12-7-9(14)6-11-8(4-5-15)2-1-3-10(11)12/h6-8H,1-5,15H2. The lowest BCUT2D eigenvalue weighted by Crippen LogP contribution is -2.14. The number of nitrogens with two attached hydrogens (primary N) is 1. The summed E-state index contributed by atoms with van der Waals surface area (Å²) in [5, 5.41) is 0. The van der Waals surface area contributed by atoms with Crippen molar-refractivity contribution >= 4 is 15.9 Å². The number of hydrogen-bond acceptors (Lipinski definition) is 1. The van der Waals surface area contributed by atoms with Crippen molar-refractivity contribution in [3.05, 3.63) is 33.5 Å². The van der Waals surface area contributed by atoms with Crippen molar-refractivity contribution in [2.24, 2.45) is 5.73 Å². The Kier molecular flexibility index (Phi) is 3.42. The first-order chi connectivity index (χ1) is 7.22. The maximum absolute atomic E-state index is 13.3. The Balaban J connectivity index is 2.41. The molecule has 3 heteroatoms. The fourth-order valence-corrected chi connectivity index (χ4v) is 3.08. The predicted octanol–water partition coefficient (Wildman–Crippen LogP) is 3.36. The summed E-state index contributed by atoms with van der Waals surface area (Å²) < 4.78 is 14.2. The molecule has 1 nitrogen and oxygen atoms in total. The zero-order chi connectivity index (χ0) is 10.8. The monoisotopic (exact) mass is 271 g/mol. The molecule has 0 fully saturated rings. The largest absolute Gasteiger partial charge is 0.330 e. The average Bonchev–Trinajstić information content (AvgIpc) is 2.19. The van der Waals surface area contributed by atoms with Crippen molar-refractivity contribution in [1.29, 1.82) is 0 Å². The van der Waals surface area contributed by atoms with Crippen LogP contribution in [0.2, 0.25) is 0 Å². The topological polar surface area (TPSA) is 26.0 Å². The van der Waals surface area contributed by atoms with Gasteiger partial charge in [0.2, 0.25) is 0 Å². The molecule has 0 spiro atoms. The molecule has 1 aromatic carbocycles. The van der Waals surface area contributed by atoms with Crippen molar-refractivity contribution in [1.82, 2.24) is 0 Å². The Labute approximate surface area is 98.0 Å². The number of halogens is 2. The van der Waals surface area contributed by atoms with Crippen LogP contribution in [0.4, 0.5) is 4.39 Å². The normalized spacial score (nSPS) is 20.1. The first-order valence-electron chi connectivity index (χ1n) is 5.40. The van der Waals surface area contributed by atoms with Gasteiger partial charge in [0.1, 0.15) is 5.82 Å². The molecule has 15 heavy (non-hydrogen) atoms. The van der Waals surface area contributed by atoms with Crippen molar-refractivity contribution in [2.45, 2.75) is 31.6 Å². The molecule has 0 radical (unpaired) electrons. The van der Waals surface area contributed by atoms with Crippen LogP contribution < -0.4 is 5.73 Å². The first-order valence-corrected chi connectivity index (χ1v) is 6.19. The van der Waals surface area contributed by atoms with Crippen LogP contribution in [0, 0.1) is 5.82 Å². The molecule has 0 aromatic heterocycles. The fraction of sp³-hybridized carbons (Fsp3) is 0.500. The summed E-state index contributed by atoms with van der Waals surface area (Å²) in [6, 6.07) is 3.24. The maximum atomic E-state index is 13.3. The van der Waals surface area contributed by atoms with Crippen molar-refractivity contribution in [3.8, 4) is 0 Å². The van der Waals surface area contributed by atoms with Gasteiger partial charge in [0.15, 0.2) is 0 Å². The lowest BCUT2D eigenvalue weighted by molar-refractivity contribution is 0.517. The van der Waals surface area contributed by atoms with Gasteiger partial charge in [-0.05, 0) is 61.4 Å². The molecule has 0 saturated carbocycles. The van der Waals surface area contributed by atoms with Gasteiger partial charge >= 0.3 is 0 Å². The molecule has 1 aliphatic rings. The van der Waals surface area contributed by atoms with E-state index in [4.69, 9.17) is 5.73 Å². The Morgan fingerprint density at radius 1 is 1.47 bits per heavy atom. The van der Waals surface area contributed by atoms with E-state index in [0.717, 1.165) is 23.7 Å². The van der Waals surface area contributed by atoms with E-state index in [9.17, 15) is 4.39 Å². The molecule has 0 amide bonds. The minimum Gasteiger partial charge on any atom is -0.330 e. The third kappa shape index (κ3) is 2.23. The minimum atomic E-state index is -0.149. The summed E-state index contributed by atoms with van der Waals surface area (Å²) in [6.45, 7) is 0.679. The van der Waals surface area contributed by atoms with Gasteiger partial charge in [0, 0.05) is 4.47 Å². The second kappa shape index (κ2) is 4.62. The van der Waals surface area contributed by atoms with E-state index in [1.54, 1.807) is 12.1 Å². The number of rotatable bonds is 2. The van der Waals surface area contributed by atoms with Crippen molar-refractivity contribution in [3.63, 3.8) is 0 Å². The molecule has 2 rings (SSSR count). The zero-order valence-electron chi connectivity index (χ0n) is 8.60. The Hall–Kier alpha value is -0.410. The molecule has 1 aromatic rings. The van der Waals surface area contributed by atoms with Crippen LogP contribution in [-0.2, 0) is 6.42 Å². The summed E-state index contributed by atoms with van der Waals surface area (Å²) in [5.41, 5.74) is 8.03. The van der Waals surface area contributed by atoms with Crippen LogP contribution in [-0.4, -0.2) is 6.54 Å². The Morgan fingerprint density at radius 2 is 2.27 bits per heavy atom. The quantitative estimate of drug-likeness (QED) is 0.877. The van der Waals surface area contributed by atoms with E-state index in [1.165, 1.54) is 17.5 Å². The Bertz CT molecular complexity index is 365. The second-order valence-electron chi connectivity index (χ2n) is 4.12. The number of hydrogen-bond donors (Lipinski definition) is 1. The summed E-state index contributed by atoms with van der Waals surface area (Å²) in [4.78, 5) is 0. The van der Waals surface area contributed by atoms with Gasteiger partial charge in [-0.2, -0.15) is 0 Å². The van der Waals surface area contributed by atoms with Crippen molar-refractivity contribution in [2.75, 3.05) is 6.54 Å². The fourth-order valence-electron chi connectivity index (χ4n) is 2.43. The van der Waals surface area contributed by atoms with Crippen LogP contribution in [0.15, 0.2) is 16.6 Å². The number of benzene rings is 1. The molecule has 0 bridgehead atoms. The van der Waals surface area contributed by atoms with Crippen molar-refractivity contribution < 1.29 is 4.39 Å². The van der Waals surface area contributed by atoms with Gasteiger partial charge in [0.05, 0.1) is 0 Å². The molecule has 1 atom stereocenters. The SMILES string of the molecule is NCCC1CCCc2c(Br)cc(F)cc21. The highest BCUT2D eigenvalue weighted by Crippen LogP contribution is 2.37. The third-order valence-electron chi connectivity index (χ3n) is 3.13. The van der Waals surface area contributed by atoms with Gasteiger partial charge in [-0.3, -0.25) is 0 Å². The molecule has 0 heterocycles. The van der Waals surface area contributed by atoms with Gasteiger partial charge in [0.25, 0.3) is 0 Å². The maximum Gasteiger partial charge on any atom is 0.124 e. The summed E-state index contributed by atoms with van der Waals surface area (Å²) >= 11 is 3.44. The zero-order valence-corrected chi connectivity index (χ0v) is 10.2. The average molecular weight is 272 g/mol. The molecule has 82 valence electrons. The van der Waals surface area contributed by atoms with Crippen LogP contribution in [0.25, 0.3) is 0 Å². The van der Waals surface area contributed by atoms with E-state index in [1.807, 2.05) is 0 Å². The first kappa shape index (κ1) is 11.1. The molecular formula is C12H15BrFN. The predicted molar refractivity (Wildman–Crippen MR) is 63.5 cm³/mol. The molecule has 1 unspecified atom stereocenters.